The van der Waals surface area contributed by atoms with Crippen molar-refractivity contribution in [1.29, 1.82) is 0 Å². The Balaban J connectivity index is 1.56. The first-order valence-electron chi connectivity index (χ1n) is 16.5. The van der Waals surface area contributed by atoms with Gasteiger partial charge in [-0.2, -0.15) is 52.7 Å². The number of fused-ring (bicyclic) bond motifs is 2. The van der Waals surface area contributed by atoms with Crippen LogP contribution >= 0.6 is 22.7 Å². The average molecular weight is 889 g/mol. The van der Waals surface area contributed by atoms with Crippen LogP contribution in [0.2, 0.25) is 0 Å². The second kappa shape index (κ2) is 12.6. The van der Waals surface area contributed by atoms with Crippen LogP contribution in [0.25, 0.3) is 32.0 Å². The van der Waals surface area contributed by atoms with Crippen LogP contribution in [0.4, 0.5) is 52.7 Å². The van der Waals surface area contributed by atoms with E-state index in [1.807, 2.05) is 0 Å². The molecule has 0 atom stereocenters. The van der Waals surface area contributed by atoms with Crippen molar-refractivity contribution in [3.05, 3.63) is 103 Å². The van der Waals surface area contributed by atoms with Gasteiger partial charge in [-0.15, -0.1) is 22.7 Å². The summed E-state index contributed by atoms with van der Waals surface area (Å²) in [5.41, 5.74) is -9.04. The highest BCUT2D eigenvalue weighted by molar-refractivity contribution is 7.96. The first kappa shape index (κ1) is 41.3. The number of hydrogen-bond acceptors (Lipinski definition) is 6. The molecule has 0 N–H and O–H groups in total. The van der Waals surface area contributed by atoms with Crippen LogP contribution in [0.1, 0.15) is 48.6 Å². The van der Waals surface area contributed by atoms with Crippen molar-refractivity contribution < 1.29 is 69.5 Å². The third-order valence-electron chi connectivity index (χ3n) is 9.71. The zero-order chi connectivity index (χ0) is 42.4. The van der Waals surface area contributed by atoms with Gasteiger partial charge in [0.15, 0.2) is 0 Å². The minimum absolute atomic E-state index is 0.0585. The van der Waals surface area contributed by atoms with Crippen LogP contribution in [0.5, 0.6) is 0 Å². The molecule has 1 aliphatic carbocycles. The molecular formula is C37H24F12O4S4. The zero-order valence-corrected chi connectivity index (χ0v) is 32.5. The lowest BCUT2D eigenvalue weighted by molar-refractivity contribution is -0.263. The molecule has 0 spiro atoms. The van der Waals surface area contributed by atoms with E-state index in [4.69, 9.17) is 0 Å². The van der Waals surface area contributed by atoms with Crippen molar-refractivity contribution in [2.45, 2.75) is 67.6 Å². The van der Waals surface area contributed by atoms with Gasteiger partial charge in [0.05, 0.1) is 40.5 Å². The van der Waals surface area contributed by atoms with E-state index in [-0.39, 0.29) is 20.9 Å². The molecule has 0 radical (unpaired) electrons. The van der Waals surface area contributed by atoms with Gasteiger partial charge in [0, 0.05) is 32.0 Å². The van der Waals surface area contributed by atoms with Crippen molar-refractivity contribution in [3.8, 4) is 20.9 Å². The Bertz CT molecular complexity index is 2510. The number of rotatable bonds is 6. The molecule has 304 valence electrons. The van der Waals surface area contributed by atoms with E-state index in [1.54, 1.807) is 0 Å². The van der Waals surface area contributed by atoms with Crippen molar-refractivity contribution in [2.75, 3.05) is 0 Å². The third-order valence-corrected chi connectivity index (χ3v) is 16.7. The molecule has 0 amide bonds. The molecule has 0 saturated carbocycles. The quantitative estimate of drug-likeness (QED) is 0.181. The Morgan fingerprint density at radius 2 is 0.825 bits per heavy atom. The summed E-state index contributed by atoms with van der Waals surface area (Å²) in [5.74, 6) is -20.7. The molecule has 4 nitrogen and oxygen atoms in total. The van der Waals surface area contributed by atoms with Crippen molar-refractivity contribution in [2.24, 2.45) is 11.8 Å². The Hall–Kier alpha value is -3.88. The number of benzene rings is 2. The number of sulfone groups is 2. The molecular weight excluding hydrogens is 865 g/mol. The molecule has 0 bridgehead atoms. The molecule has 2 aromatic carbocycles. The van der Waals surface area contributed by atoms with E-state index in [9.17, 15) is 43.2 Å². The molecule has 2 aromatic heterocycles. The highest BCUT2D eigenvalue weighted by atomic mass is 32.2. The topological polar surface area (TPSA) is 68.3 Å². The van der Waals surface area contributed by atoms with E-state index in [0.717, 1.165) is 36.4 Å². The van der Waals surface area contributed by atoms with E-state index in [0.29, 0.717) is 46.9 Å². The average Bonchev–Trinajstić information content (AvgIpc) is 3.83. The van der Waals surface area contributed by atoms with E-state index in [1.165, 1.54) is 27.7 Å². The Kier molecular flexibility index (Phi) is 9.10. The van der Waals surface area contributed by atoms with Gasteiger partial charge in [-0.05, 0) is 59.4 Å². The molecule has 20 heteroatoms. The Labute approximate surface area is 324 Å². The highest BCUT2D eigenvalue weighted by Gasteiger charge is 2.81. The van der Waals surface area contributed by atoms with Gasteiger partial charge in [-0.1, -0.05) is 52.0 Å². The maximum Gasteiger partial charge on any atom is 0.416 e. The lowest BCUT2D eigenvalue weighted by atomic mass is 9.89. The fourth-order valence-corrected chi connectivity index (χ4v) is 14.6. The number of halogens is 12. The first-order chi connectivity index (χ1) is 26.0. The van der Waals surface area contributed by atoms with Crippen LogP contribution in [0.3, 0.4) is 0 Å². The van der Waals surface area contributed by atoms with Gasteiger partial charge < -0.3 is 0 Å². The summed E-state index contributed by atoms with van der Waals surface area (Å²) in [6.45, 7) is 4.71. The van der Waals surface area contributed by atoms with Crippen LogP contribution in [-0.4, -0.2) is 34.6 Å². The summed E-state index contributed by atoms with van der Waals surface area (Å²) in [5, 5.41) is 0. The van der Waals surface area contributed by atoms with E-state index >= 15 is 26.3 Å². The normalized spacial score (nSPS) is 20.7. The summed E-state index contributed by atoms with van der Waals surface area (Å²) in [7, 11) is -9.88. The molecule has 0 unspecified atom stereocenters. The summed E-state index contributed by atoms with van der Waals surface area (Å²) in [6.07, 6.45) is -9.54. The fourth-order valence-electron chi connectivity index (χ4n) is 7.22. The van der Waals surface area contributed by atoms with Gasteiger partial charge in [0.2, 0.25) is 19.7 Å². The molecule has 57 heavy (non-hydrogen) atoms. The minimum atomic E-state index is -6.28. The second-order valence-corrected chi connectivity index (χ2v) is 19.9. The number of allylic oxidation sites excluding steroid dienone is 6. The van der Waals surface area contributed by atoms with Crippen LogP contribution < -0.4 is 0 Å². The molecule has 4 heterocycles. The predicted molar refractivity (Wildman–Crippen MR) is 189 cm³/mol. The van der Waals surface area contributed by atoms with Crippen LogP contribution in [0, 0.1) is 11.8 Å². The van der Waals surface area contributed by atoms with Gasteiger partial charge >= 0.3 is 30.1 Å². The summed E-state index contributed by atoms with van der Waals surface area (Å²) in [4.78, 5) is -5.11. The Morgan fingerprint density at radius 1 is 0.526 bits per heavy atom. The summed E-state index contributed by atoms with van der Waals surface area (Å²) >= 11 is 0.724. The van der Waals surface area contributed by atoms with Crippen LogP contribution in [0.15, 0.2) is 91.4 Å². The van der Waals surface area contributed by atoms with Crippen LogP contribution in [-0.2, 0) is 32.0 Å². The molecule has 0 fully saturated rings. The molecule has 7 rings (SSSR count). The number of alkyl halides is 12. The molecule has 2 aliphatic heterocycles. The zero-order valence-electron chi connectivity index (χ0n) is 29.2. The highest BCUT2D eigenvalue weighted by Crippen LogP contribution is 2.69. The standard InChI is InChI=1S/C37H24F12O4S4/c1-15(2)31-25(29-23(56(31,50)51)13-21(54-29)17-5-9-19(10-6-17)35(42,43)44)27-28(34(40,41)37(48,49)33(27,38)39)26-30-24(57(52,53)32(26)16(3)4)14-22(55-30)18-7-11-20(12-8-18)36(45,46)47/h5-16H,1-4H3. The van der Waals surface area contributed by atoms with Gasteiger partial charge in [0.25, 0.3) is 0 Å². The molecule has 3 aliphatic rings. The van der Waals surface area contributed by atoms with Gasteiger partial charge in [-0.3, -0.25) is 0 Å². The monoisotopic (exact) mass is 888 g/mol. The lowest BCUT2D eigenvalue weighted by Gasteiger charge is -2.26. The smallest absolute Gasteiger partial charge is 0.219 e. The van der Waals surface area contributed by atoms with Gasteiger partial charge in [0.1, 0.15) is 0 Å². The molecule has 4 aromatic rings. The summed E-state index contributed by atoms with van der Waals surface area (Å²) in [6, 6.07) is 8.17. The van der Waals surface area contributed by atoms with Gasteiger partial charge in [-0.25, -0.2) is 16.8 Å². The largest absolute Gasteiger partial charge is 0.416 e. The maximum atomic E-state index is 16.5. The van der Waals surface area contributed by atoms with Crippen molar-refractivity contribution in [3.63, 3.8) is 0 Å². The lowest BCUT2D eigenvalue weighted by Crippen LogP contribution is -2.49. The third kappa shape index (κ3) is 5.81. The predicted octanol–water partition coefficient (Wildman–Crippen LogP) is 12.4. The first-order valence-corrected chi connectivity index (χ1v) is 21.1. The van der Waals surface area contributed by atoms with Crippen molar-refractivity contribution in [1.82, 2.24) is 0 Å². The SMILES string of the molecule is CC(C)C1=C(C2=C(C3=C(C(C)C)S(=O)(=O)c4cc(-c5ccc(C(F)(F)F)cc5)sc43)C(F)(F)C(F)(F)C2(F)F)c2sc(-c3ccc(C(F)(F)F)cc3)cc2S1(=O)=O. The van der Waals surface area contributed by atoms with E-state index in [2.05, 4.69) is 0 Å². The summed E-state index contributed by atoms with van der Waals surface area (Å²) < 4.78 is 234. The second-order valence-electron chi connectivity index (χ2n) is 14.0. The maximum absolute atomic E-state index is 16.5. The Morgan fingerprint density at radius 3 is 1.09 bits per heavy atom. The minimum Gasteiger partial charge on any atom is -0.219 e. The number of hydrogen-bond donors (Lipinski definition) is 0. The fraction of sp³-hybridized carbons (Fsp3) is 0.297. The number of thiophene rings is 2. The van der Waals surface area contributed by atoms with E-state index < -0.39 is 124 Å². The van der Waals surface area contributed by atoms with Crippen molar-refractivity contribution >= 4 is 53.5 Å². The molecule has 0 saturated heterocycles.